The highest BCUT2D eigenvalue weighted by Gasteiger charge is 2.51. The van der Waals surface area contributed by atoms with Gasteiger partial charge in [0, 0.05) is 0 Å². The third kappa shape index (κ3) is 2.25. The summed E-state index contributed by atoms with van der Waals surface area (Å²) in [6.07, 6.45) is 2.12. The van der Waals surface area contributed by atoms with Crippen LogP contribution in [0.15, 0.2) is 30.3 Å². The third-order valence-corrected chi connectivity index (χ3v) is 5.76. The molecule has 2 nitrogen and oxygen atoms in total. The van der Waals surface area contributed by atoms with Crippen LogP contribution in [-0.4, -0.2) is 5.97 Å². The van der Waals surface area contributed by atoms with Crippen molar-refractivity contribution < 1.29 is 9.53 Å². The first kappa shape index (κ1) is 13.7. The molecule has 0 saturated heterocycles. The zero-order valence-corrected chi connectivity index (χ0v) is 12.6. The maximum Gasteiger partial charge on any atom is 0.309 e. The first-order chi connectivity index (χ1) is 9.58. The van der Waals surface area contributed by atoms with Gasteiger partial charge in [0.2, 0.25) is 0 Å². The molecule has 108 valence electrons. The molecule has 2 heteroatoms. The first-order valence-electron chi connectivity index (χ1n) is 7.83. The van der Waals surface area contributed by atoms with Crippen molar-refractivity contribution in [1.29, 1.82) is 0 Å². The van der Waals surface area contributed by atoms with Crippen LogP contribution < -0.4 is 0 Å². The number of carbonyl (C=O) groups is 1. The monoisotopic (exact) mass is 272 g/mol. The molecule has 0 aliphatic heterocycles. The predicted molar refractivity (Wildman–Crippen MR) is 79.0 cm³/mol. The van der Waals surface area contributed by atoms with Gasteiger partial charge >= 0.3 is 5.97 Å². The number of rotatable bonds is 3. The fourth-order valence-electron chi connectivity index (χ4n) is 4.27. The van der Waals surface area contributed by atoms with Crippen molar-refractivity contribution in [3.8, 4) is 0 Å². The minimum atomic E-state index is -0.143. The first-order valence-corrected chi connectivity index (χ1v) is 7.83. The van der Waals surface area contributed by atoms with Gasteiger partial charge < -0.3 is 4.74 Å². The zero-order valence-electron chi connectivity index (χ0n) is 12.6. The lowest BCUT2D eigenvalue weighted by molar-refractivity contribution is -0.156. The Labute approximate surface area is 121 Å². The molecule has 0 aromatic heterocycles. The van der Waals surface area contributed by atoms with Crippen LogP contribution in [0.2, 0.25) is 0 Å². The van der Waals surface area contributed by atoms with E-state index in [2.05, 4.69) is 13.8 Å². The predicted octanol–water partition coefficient (Wildman–Crippen LogP) is 4.22. The molecule has 6 atom stereocenters. The van der Waals surface area contributed by atoms with E-state index in [-0.39, 0.29) is 18.0 Å². The largest absolute Gasteiger partial charge is 0.458 e. The molecule has 2 saturated carbocycles. The highest BCUT2D eigenvalue weighted by molar-refractivity contribution is 5.74. The summed E-state index contributed by atoms with van der Waals surface area (Å²) >= 11 is 0. The Morgan fingerprint density at radius 1 is 1.15 bits per heavy atom. The summed E-state index contributed by atoms with van der Waals surface area (Å²) in [5.41, 5.74) is 1.07. The van der Waals surface area contributed by atoms with Crippen LogP contribution >= 0.6 is 0 Å². The fourth-order valence-corrected chi connectivity index (χ4v) is 4.27. The second-order valence-corrected chi connectivity index (χ2v) is 6.71. The Bertz CT molecular complexity index is 479. The lowest BCUT2D eigenvalue weighted by Crippen LogP contribution is -2.31. The Morgan fingerprint density at radius 2 is 1.85 bits per heavy atom. The lowest BCUT2D eigenvalue weighted by Gasteiger charge is -2.31. The molecular formula is C18H24O2. The number of fused-ring (bicyclic) bond motifs is 2. The van der Waals surface area contributed by atoms with E-state index < -0.39 is 0 Å². The molecule has 6 unspecified atom stereocenters. The van der Waals surface area contributed by atoms with E-state index in [0.29, 0.717) is 11.8 Å². The summed E-state index contributed by atoms with van der Waals surface area (Å²) in [5.74, 6) is 2.88. The van der Waals surface area contributed by atoms with Gasteiger partial charge in [-0.15, -0.1) is 0 Å². The Hall–Kier alpha value is -1.31. The summed E-state index contributed by atoms with van der Waals surface area (Å²) in [6.45, 7) is 6.60. The summed E-state index contributed by atoms with van der Waals surface area (Å²) in [7, 11) is 0. The molecule has 20 heavy (non-hydrogen) atoms. The van der Waals surface area contributed by atoms with E-state index in [0.717, 1.165) is 23.8 Å². The number of esters is 1. The maximum atomic E-state index is 12.4. The van der Waals surface area contributed by atoms with E-state index in [1.54, 1.807) is 0 Å². The van der Waals surface area contributed by atoms with Crippen molar-refractivity contribution in [2.45, 2.75) is 39.7 Å². The van der Waals surface area contributed by atoms with Gasteiger partial charge in [-0.25, -0.2) is 0 Å². The van der Waals surface area contributed by atoms with Gasteiger partial charge in [0.25, 0.3) is 0 Å². The molecule has 2 aliphatic carbocycles. The molecule has 0 spiro atoms. The minimum Gasteiger partial charge on any atom is -0.458 e. The molecule has 2 aliphatic rings. The van der Waals surface area contributed by atoms with E-state index in [1.165, 1.54) is 6.42 Å². The van der Waals surface area contributed by atoms with E-state index in [9.17, 15) is 4.79 Å². The number of hydrogen-bond acceptors (Lipinski definition) is 2. The zero-order chi connectivity index (χ0) is 14.3. The topological polar surface area (TPSA) is 26.3 Å². The summed E-state index contributed by atoms with van der Waals surface area (Å²) in [6, 6.07) is 9.99. The van der Waals surface area contributed by atoms with Crippen LogP contribution in [0.5, 0.6) is 0 Å². The molecule has 0 N–H and O–H groups in total. The van der Waals surface area contributed by atoms with Crippen molar-refractivity contribution in [2.75, 3.05) is 0 Å². The number of carbonyl (C=O) groups excluding carboxylic acids is 1. The molecule has 2 fully saturated rings. The summed E-state index contributed by atoms with van der Waals surface area (Å²) in [5, 5.41) is 0. The van der Waals surface area contributed by atoms with Crippen molar-refractivity contribution >= 4 is 5.97 Å². The van der Waals surface area contributed by atoms with Gasteiger partial charge in [-0.3, -0.25) is 4.79 Å². The minimum absolute atomic E-state index is 0.0209. The Morgan fingerprint density at radius 3 is 2.45 bits per heavy atom. The van der Waals surface area contributed by atoms with E-state index in [4.69, 9.17) is 4.74 Å². The molecule has 1 aromatic rings. The van der Waals surface area contributed by atoms with E-state index >= 15 is 0 Å². The average molecular weight is 272 g/mol. The highest BCUT2D eigenvalue weighted by Crippen LogP contribution is 2.55. The number of benzene rings is 1. The van der Waals surface area contributed by atoms with Gasteiger partial charge in [0.1, 0.15) is 6.10 Å². The number of hydrogen-bond donors (Lipinski definition) is 0. The van der Waals surface area contributed by atoms with Gasteiger partial charge in [-0.05, 0) is 49.0 Å². The third-order valence-electron chi connectivity index (χ3n) is 5.76. The van der Waals surface area contributed by atoms with Crippen molar-refractivity contribution in [3.05, 3.63) is 35.9 Å². The second-order valence-electron chi connectivity index (χ2n) is 6.71. The second kappa shape index (κ2) is 5.23. The molecule has 2 bridgehead atoms. The van der Waals surface area contributed by atoms with Crippen LogP contribution in [0.3, 0.4) is 0 Å². The van der Waals surface area contributed by atoms with Crippen LogP contribution in [0.1, 0.15) is 45.3 Å². The molecular weight excluding hydrogens is 248 g/mol. The standard InChI is InChI=1S/C18H24O2/c1-11-12(2)16-9-15(11)10-17(16)18(19)20-13(3)14-7-5-4-6-8-14/h4-8,11-13,15-17H,9-10H2,1-3H3. The quantitative estimate of drug-likeness (QED) is 0.770. The normalized spacial score (nSPS) is 36.9. The Balaban J connectivity index is 1.64. The SMILES string of the molecule is CC(OC(=O)C1CC2CC1C(C)C2C)c1ccccc1. The summed E-state index contributed by atoms with van der Waals surface area (Å²) in [4.78, 5) is 12.4. The molecule has 3 rings (SSSR count). The van der Waals surface area contributed by atoms with Crippen LogP contribution in [0.4, 0.5) is 0 Å². The van der Waals surface area contributed by atoms with Crippen LogP contribution in [0.25, 0.3) is 0 Å². The van der Waals surface area contributed by atoms with Crippen LogP contribution in [-0.2, 0) is 9.53 Å². The smallest absolute Gasteiger partial charge is 0.309 e. The van der Waals surface area contributed by atoms with Crippen molar-refractivity contribution in [2.24, 2.45) is 29.6 Å². The highest BCUT2D eigenvalue weighted by atomic mass is 16.5. The van der Waals surface area contributed by atoms with Gasteiger partial charge in [-0.1, -0.05) is 44.2 Å². The number of ether oxygens (including phenoxy) is 1. The molecule has 0 radical (unpaired) electrons. The van der Waals surface area contributed by atoms with Crippen molar-refractivity contribution in [1.82, 2.24) is 0 Å². The fraction of sp³-hybridized carbons (Fsp3) is 0.611. The Kier molecular flexibility index (Phi) is 3.57. The van der Waals surface area contributed by atoms with Gasteiger partial charge in [0.15, 0.2) is 0 Å². The molecule has 0 amide bonds. The van der Waals surface area contributed by atoms with Gasteiger partial charge in [0.05, 0.1) is 5.92 Å². The van der Waals surface area contributed by atoms with Crippen molar-refractivity contribution in [3.63, 3.8) is 0 Å². The maximum absolute atomic E-state index is 12.4. The van der Waals surface area contributed by atoms with E-state index in [1.807, 2.05) is 37.3 Å². The average Bonchev–Trinajstić information content (AvgIpc) is 3.01. The molecule has 1 aromatic carbocycles. The van der Waals surface area contributed by atoms with Gasteiger partial charge in [-0.2, -0.15) is 0 Å². The summed E-state index contributed by atoms with van der Waals surface area (Å²) < 4.78 is 5.72. The molecule has 0 heterocycles. The van der Waals surface area contributed by atoms with Crippen LogP contribution in [0, 0.1) is 29.6 Å². The lowest BCUT2D eigenvalue weighted by atomic mass is 9.76.